The van der Waals surface area contributed by atoms with Crippen LogP contribution in [0.3, 0.4) is 0 Å². The van der Waals surface area contributed by atoms with Crippen molar-refractivity contribution < 1.29 is 13.6 Å². The molecule has 0 aliphatic rings. The molecule has 2 aromatic heterocycles. The summed E-state index contributed by atoms with van der Waals surface area (Å²) in [6.45, 7) is 6.57. The molecule has 6 nitrogen and oxygen atoms in total. The molecule has 0 bridgehead atoms. The normalized spacial score (nSPS) is 10.9. The number of amides is 1. The van der Waals surface area contributed by atoms with Gasteiger partial charge in [-0.15, -0.1) is 0 Å². The summed E-state index contributed by atoms with van der Waals surface area (Å²) < 4.78 is 11.3. The van der Waals surface area contributed by atoms with E-state index in [0.29, 0.717) is 29.3 Å². The van der Waals surface area contributed by atoms with Crippen LogP contribution in [0.1, 0.15) is 27.6 Å². The van der Waals surface area contributed by atoms with Crippen LogP contribution in [0.25, 0.3) is 16.7 Å². The van der Waals surface area contributed by atoms with Crippen LogP contribution >= 0.6 is 0 Å². The number of anilines is 1. The number of furan rings is 2. The van der Waals surface area contributed by atoms with Crippen LogP contribution in [-0.4, -0.2) is 13.0 Å². The van der Waals surface area contributed by atoms with E-state index in [-0.39, 0.29) is 5.76 Å². The van der Waals surface area contributed by atoms with Crippen molar-refractivity contribution in [3.63, 3.8) is 0 Å². The lowest BCUT2D eigenvalue weighted by molar-refractivity contribution is 0.0977. The van der Waals surface area contributed by atoms with Crippen LogP contribution in [0, 0.1) is 6.92 Å². The Kier molecular flexibility index (Phi) is 4.14. The summed E-state index contributed by atoms with van der Waals surface area (Å²) in [7, 11) is 1.84. The maximum atomic E-state index is 11.7. The number of carbonyl (C=O) groups excluding carboxylic acids is 1. The minimum Gasteiger partial charge on any atom is -0.458 e. The highest BCUT2D eigenvalue weighted by atomic mass is 16.4. The van der Waals surface area contributed by atoms with E-state index in [2.05, 4.69) is 17.2 Å². The highest BCUT2D eigenvalue weighted by Gasteiger charge is 2.20. The minimum absolute atomic E-state index is 0.0683. The molecule has 0 aliphatic carbocycles. The number of carbonyl (C=O) groups is 1. The second-order valence-corrected chi connectivity index (χ2v) is 5.57. The zero-order valence-corrected chi connectivity index (χ0v) is 13.6. The van der Waals surface area contributed by atoms with Gasteiger partial charge >= 0.3 is 0 Å². The molecule has 1 aromatic carbocycles. The molecule has 4 N–H and O–H groups in total. The number of rotatable bonds is 6. The number of aryl methyl sites for hydroxylation is 1. The maximum absolute atomic E-state index is 11.7. The second-order valence-electron chi connectivity index (χ2n) is 5.57. The monoisotopic (exact) mass is 325 g/mol. The zero-order chi connectivity index (χ0) is 17.3. The van der Waals surface area contributed by atoms with Gasteiger partial charge < -0.3 is 25.2 Å². The summed E-state index contributed by atoms with van der Waals surface area (Å²) in [6.07, 6.45) is 0. The van der Waals surface area contributed by atoms with Crippen molar-refractivity contribution in [2.45, 2.75) is 13.5 Å². The number of hydrogen-bond acceptors (Lipinski definition) is 5. The Hall–Kier alpha value is -2.99. The fourth-order valence-corrected chi connectivity index (χ4v) is 2.53. The fraction of sp³-hybridized carbons (Fsp3) is 0.167. The first-order chi connectivity index (χ1) is 11.5. The Morgan fingerprint density at radius 3 is 2.75 bits per heavy atom. The van der Waals surface area contributed by atoms with Crippen molar-refractivity contribution >= 4 is 28.3 Å². The van der Waals surface area contributed by atoms with Gasteiger partial charge in [0, 0.05) is 5.39 Å². The summed E-state index contributed by atoms with van der Waals surface area (Å²) in [6, 6.07) is 9.33. The second kappa shape index (κ2) is 6.25. The van der Waals surface area contributed by atoms with Gasteiger partial charge in [-0.25, -0.2) is 0 Å². The van der Waals surface area contributed by atoms with Crippen LogP contribution in [0.2, 0.25) is 0 Å². The van der Waals surface area contributed by atoms with Gasteiger partial charge in [0.05, 0.1) is 17.9 Å². The van der Waals surface area contributed by atoms with E-state index in [1.165, 1.54) is 0 Å². The quantitative estimate of drug-likeness (QED) is 0.647. The van der Waals surface area contributed by atoms with Gasteiger partial charge in [-0.3, -0.25) is 4.79 Å². The Morgan fingerprint density at radius 1 is 1.25 bits per heavy atom. The van der Waals surface area contributed by atoms with Crippen LogP contribution in [0.4, 0.5) is 5.69 Å². The number of hydrogen-bond donors (Lipinski definition) is 3. The van der Waals surface area contributed by atoms with Crippen molar-refractivity contribution in [3.8, 4) is 0 Å². The first kappa shape index (κ1) is 15.9. The molecule has 6 heteroatoms. The highest BCUT2D eigenvalue weighted by molar-refractivity contribution is 6.07. The summed E-state index contributed by atoms with van der Waals surface area (Å²) in [5.74, 6) is 0.796. The number of nitrogens with two attached hydrogens (primary N) is 1. The van der Waals surface area contributed by atoms with E-state index < -0.39 is 5.91 Å². The largest absolute Gasteiger partial charge is 0.458 e. The van der Waals surface area contributed by atoms with Crippen molar-refractivity contribution in [2.75, 3.05) is 12.4 Å². The van der Waals surface area contributed by atoms with Crippen molar-refractivity contribution in [3.05, 3.63) is 59.8 Å². The average molecular weight is 325 g/mol. The molecular formula is C18H19N3O3. The number of primary amides is 1. The van der Waals surface area contributed by atoms with E-state index in [4.69, 9.17) is 14.6 Å². The number of benzene rings is 1. The zero-order valence-electron chi connectivity index (χ0n) is 13.6. The molecule has 0 radical (unpaired) electrons. The summed E-state index contributed by atoms with van der Waals surface area (Å²) >= 11 is 0. The summed E-state index contributed by atoms with van der Waals surface area (Å²) in [4.78, 5) is 11.7. The Morgan fingerprint density at radius 2 is 2.04 bits per heavy atom. The topological polar surface area (TPSA) is 93.4 Å². The standard InChI is InChI=1S/C18H19N3O3/c1-10-4-6-15-13(8-10)16(17(24-15)18(19)22)21-11(2)14-7-5-12(23-14)9-20-3/h4-8,20-21H,2,9H2,1,3H3,(H2,19,22). The lowest BCUT2D eigenvalue weighted by atomic mass is 10.1. The third-order valence-electron chi connectivity index (χ3n) is 3.65. The number of nitrogens with one attached hydrogen (secondary N) is 2. The van der Waals surface area contributed by atoms with Gasteiger partial charge in [0.15, 0.2) is 0 Å². The van der Waals surface area contributed by atoms with Gasteiger partial charge in [-0.1, -0.05) is 18.2 Å². The average Bonchev–Trinajstić information content (AvgIpc) is 3.13. The van der Waals surface area contributed by atoms with Crippen LogP contribution in [0.5, 0.6) is 0 Å². The molecule has 3 aromatic rings. The SMILES string of the molecule is C=C(Nc1c(C(N)=O)oc2ccc(C)cc12)c1ccc(CNC)o1. The molecule has 24 heavy (non-hydrogen) atoms. The molecular weight excluding hydrogens is 306 g/mol. The first-order valence-corrected chi connectivity index (χ1v) is 7.52. The minimum atomic E-state index is -0.644. The van der Waals surface area contributed by atoms with Crippen molar-refractivity contribution in [2.24, 2.45) is 5.73 Å². The van der Waals surface area contributed by atoms with Crippen LogP contribution in [0.15, 0.2) is 45.7 Å². The van der Waals surface area contributed by atoms with Crippen LogP contribution in [-0.2, 0) is 6.54 Å². The molecule has 0 saturated heterocycles. The highest BCUT2D eigenvalue weighted by Crippen LogP contribution is 2.33. The third kappa shape index (κ3) is 2.91. The molecule has 0 atom stereocenters. The van der Waals surface area contributed by atoms with Gasteiger partial charge in [0.1, 0.15) is 17.1 Å². The molecule has 2 heterocycles. The Labute approximate surface area is 139 Å². The molecule has 0 spiro atoms. The molecule has 0 saturated carbocycles. The number of fused-ring (bicyclic) bond motifs is 1. The van der Waals surface area contributed by atoms with E-state index >= 15 is 0 Å². The molecule has 0 unspecified atom stereocenters. The molecule has 3 rings (SSSR count). The van der Waals surface area contributed by atoms with E-state index in [1.807, 2.05) is 44.3 Å². The summed E-state index contributed by atoms with van der Waals surface area (Å²) in [5.41, 5.74) is 8.08. The molecule has 0 fully saturated rings. The van der Waals surface area contributed by atoms with Crippen molar-refractivity contribution in [1.82, 2.24) is 5.32 Å². The predicted octanol–water partition coefficient (Wildman–Crippen LogP) is 3.24. The molecule has 1 amide bonds. The smallest absolute Gasteiger partial charge is 0.286 e. The van der Waals surface area contributed by atoms with Crippen molar-refractivity contribution in [1.29, 1.82) is 0 Å². The van der Waals surface area contributed by atoms with E-state index in [1.54, 1.807) is 0 Å². The first-order valence-electron chi connectivity index (χ1n) is 7.52. The molecule has 0 aliphatic heterocycles. The molecule has 124 valence electrons. The van der Waals surface area contributed by atoms with Gasteiger partial charge in [0.25, 0.3) is 5.91 Å². The van der Waals surface area contributed by atoms with Gasteiger partial charge in [0.2, 0.25) is 5.76 Å². The fourth-order valence-electron chi connectivity index (χ4n) is 2.53. The third-order valence-corrected chi connectivity index (χ3v) is 3.65. The van der Waals surface area contributed by atoms with Gasteiger partial charge in [-0.05, 0) is 38.2 Å². The van der Waals surface area contributed by atoms with E-state index in [0.717, 1.165) is 16.7 Å². The van der Waals surface area contributed by atoms with E-state index in [9.17, 15) is 4.79 Å². The lowest BCUT2D eigenvalue weighted by Crippen LogP contribution is -2.12. The Bertz CT molecular complexity index is 921. The van der Waals surface area contributed by atoms with Crippen LogP contribution < -0.4 is 16.4 Å². The maximum Gasteiger partial charge on any atom is 0.286 e. The van der Waals surface area contributed by atoms with Gasteiger partial charge in [-0.2, -0.15) is 0 Å². The lowest BCUT2D eigenvalue weighted by Gasteiger charge is -2.07. The Balaban J connectivity index is 1.98. The predicted molar refractivity (Wildman–Crippen MR) is 93.6 cm³/mol. The summed E-state index contributed by atoms with van der Waals surface area (Å²) in [5, 5.41) is 6.90.